The van der Waals surface area contributed by atoms with E-state index < -0.39 is 72.0 Å². The number of carbonyl (C=O) groups excluding carboxylic acids is 5. The molecule has 0 radical (unpaired) electrons. The number of carboxylic acids is 1. The Morgan fingerprint density at radius 3 is 2.43 bits per heavy atom. The molecular formula is C32H38ClN7O7. The van der Waals surface area contributed by atoms with Crippen LogP contribution < -0.4 is 21.7 Å². The summed E-state index contributed by atoms with van der Waals surface area (Å²) >= 11 is 5.62. The number of aromatic amines is 1. The van der Waals surface area contributed by atoms with Gasteiger partial charge in [0.05, 0.1) is 6.33 Å². The number of carbonyl (C=O) groups is 6. The number of primary amides is 1. The van der Waals surface area contributed by atoms with Crippen LogP contribution in [0.3, 0.4) is 0 Å². The Morgan fingerprint density at radius 2 is 1.74 bits per heavy atom. The van der Waals surface area contributed by atoms with E-state index in [0.29, 0.717) is 18.5 Å². The zero-order chi connectivity index (χ0) is 33.9. The van der Waals surface area contributed by atoms with Gasteiger partial charge in [-0.15, -0.1) is 11.6 Å². The first kappa shape index (κ1) is 34.9. The smallest absolute Gasteiger partial charge is 0.303 e. The van der Waals surface area contributed by atoms with Crippen molar-refractivity contribution in [2.75, 3.05) is 12.4 Å². The Kier molecular flexibility index (Phi) is 12.3. The highest BCUT2D eigenvalue weighted by atomic mass is 35.5. The third-order valence-electron chi connectivity index (χ3n) is 8.02. The van der Waals surface area contributed by atoms with Gasteiger partial charge in [0.15, 0.2) is 0 Å². The average molecular weight is 668 g/mol. The van der Waals surface area contributed by atoms with Crippen molar-refractivity contribution in [3.05, 3.63) is 66.2 Å². The molecule has 1 aliphatic rings. The molecule has 1 saturated heterocycles. The number of carboxylic acid groups (broad SMARTS) is 1. The highest BCUT2D eigenvalue weighted by molar-refractivity contribution is 6.27. The van der Waals surface area contributed by atoms with E-state index in [-0.39, 0.29) is 32.2 Å². The van der Waals surface area contributed by atoms with E-state index in [1.165, 1.54) is 17.4 Å². The first-order valence-corrected chi connectivity index (χ1v) is 15.8. The Hall–Kier alpha value is -4.98. The summed E-state index contributed by atoms with van der Waals surface area (Å²) in [5, 5.41) is 19.0. The fraction of sp³-hybridized carbons (Fsp3) is 0.406. The first-order valence-electron chi connectivity index (χ1n) is 15.3. The molecule has 4 rings (SSSR count). The zero-order valence-corrected chi connectivity index (χ0v) is 26.4. The van der Waals surface area contributed by atoms with Gasteiger partial charge in [-0.1, -0.05) is 42.5 Å². The highest BCUT2D eigenvalue weighted by Crippen LogP contribution is 2.21. The third kappa shape index (κ3) is 9.75. The Labute approximate surface area is 275 Å². The standard InChI is InChI=1S/C32H38ClN7O7/c33-16-27(41)37-23(10-11-28(42)43)32(47)40-12-4-3-7-26(40)31(46)39-25(14-19-8-9-20-5-1-2-6-21(20)13-19)30(45)38-24(29(34)44)15-22-17-35-18-36-22/h1-2,5-6,8-9,13,17-18,23-26H,3-4,7,10-12,14-16H2,(H2,34,44)(H,35,36)(H,37,41)(H,38,45)(H,39,46)(H,42,43). The van der Waals surface area contributed by atoms with Crippen LogP contribution in [-0.4, -0.2) is 92.1 Å². The van der Waals surface area contributed by atoms with E-state index in [2.05, 4.69) is 25.9 Å². The number of piperidine rings is 1. The van der Waals surface area contributed by atoms with E-state index in [1.54, 1.807) is 0 Å². The largest absolute Gasteiger partial charge is 0.481 e. The number of aromatic nitrogens is 2. The number of nitrogens with one attached hydrogen (secondary N) is 4. The van der Waals surface area contributed by atoms with Crippen molar-refractivity contribution in [3.63, 3.8) is 0 Å². The minimum absolute atomic E-state index is 0.0500. The van der Waals surface area contributed by atoms with Crippen LogP contribution in [-0.2, 0) is 41.6 Å². The highest BCUT2D eigenvalue weighted by Gasteiger charge is 2.38. The summed E-state index contributed by atoms with van der Waals surface area (Å²) < 4.78 is 0. The number of hydrogen-bond acceptors (Lipinski definition) is 7. The maximum absolute atomic E-state index is 13.9. The molecule has 15 heteroatoms. The van der Waals surface area contributed by atoms with Crippen LogP contribution in [0.15, 0.2) is 55.0 Å². The summed E-state index contributed by atoms with van der Waals surface area (Å²) in [6.07, 6.45) is 3.94. The van der Waals surface area contributed by atoms with Gasteiger partial charge >= 0.3 is 5.97 Å². The monoisotopic (exact) mass is 667 g/mol. The Balaban J connectivity index is 1.58. The van der Waals surface area contributed by atoms with Crippen LogP contribution in [0.25, 0.3) is 10.8 Å². The lowest BCUT2D eigenvalue weighted by Gasteiger charge is -2.37. The fourth-order valence-electron chi connectivity index (χ4n) is 5.62. The van der Waals surface area contributed by atoms with E-state index >= 15 is 0 Å². The SMILES string of the molecule is NC(=O)C(Cc1cnc[nH]1)NC(=O)C(Cc1ccc2ccccc2c1)NC(=O)C1CCCCN1C(=O)C(CCC(=O)O)NC(=O)CCl. The van der Waals surface area contributed by atoms with E-state index in [1.807, 2.05) is 42.5 Å². The van der Waals surface area contributed by atoms with Crippen molar-refractivity contribution in [3.8, 4) is 0 Å². The minimum Gasteiger partial charge on any atom is -0.481 e. The van der Waals surface area contributed by atoms with Gasteiger partial charge in [0.25, 0.3) is 0 Å². The molecule has 4 atom stereocenters. The third-order valence-corrected chi connectivity index (χ3v) is 8.26. The summed E-state index contributed by atoms with van der Waals surface area (Å²) in [7, 11) is 0. The number of rotatable bonds is 15. The Bertz CT molecular complexity index is 1600. The number of nitrogens with two attached hydrogens (primary N) is 1. The number of benzene rings is 2. The molecule has 1 aliphatic heterocycles. The quantitative estimate of drug-likeness (QED) is 0.127. The summed E-state index contributed by atoms with van der Waals surface area (Å²) in [6, 6.07) is 8.85. The average Bonchev–Trinajstić information content (AvgIpc) is 3.58. The molecule has 7 N–H and O–H groups in total. The number of imidazole rings is 1. The van der Waals surface area contributed by atoms with Crippen molar-refractivity contribution >= 4 is 57.9 Å². The topological polar surface area (TPSA) is 217 Å². The molecule has 4 unspecified atom stereocenters. The minimum atomic E-state index is -1.21. The van der Waals surface area contributed by atoms with Crippen LogP contribution in [0, 0.1) is 0 Å². The lowest BCUT2D eigenvalue weighted by molar-refractivity contribution is -0.146. The number of nitrogens with zero attached hydrogens (tertiary/aromatic N) is 2. The normalized spacial score (nSPS) is 16.4. The molecule has 0 aliphatic carbocycles. The maximum Gasteiger partial charge on any atom is 0.303 e. The molecule has 0 bridgehead atoms. The predicted octanol–water partition coefficient (Wildman–Crippen LogP) is 0.773. The maximum atomic E-state index is 13.9. The second kappa shape index (κ2) is 16.5. The Morgan fingerprint density at radius 1 is 0.979 bits per heavy atom. The molecule has 5 amide bonds. The summed E-state index contributed by atoms with van der Waals surface area (Å²) in [5.74, 6) is -4.90. The zero-order valence-electron chi connectivity index (χ0n) is 25.6. The lowest BCUT2D eigenvalue weighted by atomic mass is 9.97. The number of aliphatic carboxylic acids is 1. The number of hydrogen-bond donors (Lipinski definition) is 6. The van der Waals surface area contributed by atoms with E-state index in [4.69, 9.17) is 17.3 Å². The molecular weight excluding hydrogens is 630 g/mol. The van der Waals surface area contributed by atoms with Gasteiger partial charge in [0.2, 0.25) is 29.5 Å². The van der Waals surface area contributed by atoms with Crippen molar-refractivity contribution in [1.82, 2.24) is 30.8 Å². The van der Waals surface area contributed by atoms with Crippen LogP contribution >= 0.6 is 11.6 Å². The van der Waals surface area contributed by atoms with Crippen molar-refractivity contribution in [2.45, 2.75) is 69.1 Å². The molecule has 3 aromatic rings. The summed E-state index contributed by atoms with van der Waals surface area (Å²) in [6.45, 7) is 0.187. The van der Waals surface area contributed by atoms with Crippen LogP contribution in [0.5, 0.6) is 0 Å². The van der Waals surface area contributed by atoms with Gasteiger partial charge in [-0.3, -0.25) is 28.8 Å². The van der Waals surface area contributed by atoms with Crippen molar-refractivity contribution in [1.29, 1.82) is 0 Å². The van der Waals surface area contributed by atoms with Gasteiger partial charge in [-0.25, -0.2) is 4.98 Å². The van der Waals surface area contributed by atoms with Gasteiger partial charge in [0.1, 0.15) is 30.0 Å². The first-order chi connectivity index (χ1) is 22.5. The van der Waals surface area contributed by atoms with Gasteiger partial charge in [-0.2, -0.15) is 0 Å². The molecule has 0 spiro atoms. The van der Waals surface area contributed by atoms with Gasteiger partial charge in [-0.05, 0) is 42.0 Å². The summed E-state index contributed by atoms with van der Waals surface area (Å²) in [5.41, 5.74) is 6.92. The van der Waals surface area contributed by atoms with Crippen molar-refractivity contribution < 1.29 is 33.9 Å². The molecule has 47 heavy (non-hydrogen) atoms. The second-order valence-electron chi connectivity index (χ2n) is 11.4. The number of likely N-dealkylation sites (tertiary alicyclic amines) is 1. The molecule has 1 aromatic heterocycles. The molecule has 250 valence electrons. The molecule has 14 nitrogen and oxygen atoms in total. The van der Waals surface area contributed by atoms with Crippen LogP contribution in [0.2, 0.25) is 0 Å². The number of halogens is 1. The number of alkyl halides is 1. The molecule has 2 heterocycles. The van der Waals surface area contributed by atoms with E-state index in [0.717, 1.165) is 16.3 Å². The van der Waals surface area contributed by atoms with E-state index in [9.17, 15) is 33.9 Å². The fourth-order valence-corrected chi connectivity index (χ4v) is 5.69. The van der Waals surface area contributed by atoms with Gasteiger partial charge < -0.3 is 36.7 Å². The number of fused-ring (bicyclic) bond motifs is 1. The molecule has 1 fully saturated rings. The molecule has 0 saturated carbocycles. The number of H-pyrrole nitrogens is 1. The van der Waals surface area contributed by atoms with Crippen LogP contribution in [0.1, 0.15) is 43.4 Å². The predicted molar refractivity (Wildman–Crippen MR) is 172 cm³/mol. The van der Waals surface area contributed by atoms with Crippen molar-refractivity contribution in [2.24, 2.45) is 5.73 Å². The molecule has 2 aromatic carbocycles. The number of amides is 5. The summed E-state index contributed by atoms with van der Waals surface area (Å²) in [4.78, 5) is 85.0. The lowest BCUT2D eigenvalue weighted by Crippen LogP contribution is -2.60. The van der Waals surface area contributed by atoms with Gasteiger partial charge in [0, 0.05) is 37.7 Å². The van der Waals surface area contributed by atoms with Crippen LogP contribution in [0.4, 0.5) is 0 Å². The second-order valence-corrected chi connectivity index (χ2v) is 11.7.